The van der Waals surface area contributed by atoms with Crippen LogP contribution in [-0.4, -0.2) is 33.9 Å². The fourth-order valence-electron chi connectivity index (χ4n) is 2.57. The van der Waals surface area contributed by atoms with Crippen molar-refractivity contribution in [1.29, 1.82) is 0 Å². The van der Waals surface area contributed by atoms with Crippen LogP contribution in [0.2, 0.25) is 5.02 Å². The number of aromatic nitrogens is 3. The third kappa shape index (κ3) is 5.47. The lowest BCUT2D eigenvalue weighted by Crippen LogP contribution is -2.14. The van der Waals surface area contributed by atoms with Crippen molar-refractivity contribution in [2.24, 2.45) is 0 Å². The Labute approximate surface area is 168 Å². The molecule has 1 aromatic heterocycles. The average molecular weight is 401 g/mol. The summed E-state index contributed by atoms with van der Waals surface area (Å²) >= 11 is 6.06. The van der Waals surface area contributed by atoms with E-state index in [-0.39, 0.29) is 5.91 Å². The van der Waals surface area contributed by atoms with Gasteiger partial charge in [0.2, 0.25) is 5.91 Å². The summed E-state index contributed by atoms with van der Waals surface area (Å²) in [6, 6.07) is 12.6. The summed E-state index contributed by atoms with van der Waals surface area (Å²) in [7, 11) is 0. The van der Waals surface area contributed by atoms with Gasteiger partial charge in [-0.2, -0.15) is 5.10 Å². The minimum absolute atomic E-state index is 0.126. The molecule has 28 heavy (non-hydrogen) atoms. The first kappa shape index (κ1) is 19.7. The number of ether oxygens (including phenoxy) is 2. The third-order valence-corrected chi connectivity index (χ3v) is 4.08. The molecule has 0 atom stereocenters. The number of hydrogen-bond acceptors (Lipinski definition) is 5. The van der Waals surface area contributed by atoms with Crippen molar-refractivity contribution in [2.45, 2.75) is 19.8 Å². The van der Waals surface area contributed by atoms with E-state index in [4.69, 9.17) is 21.1 Å². The van der Waals surface area contributed by atoms with Crippen molar-refractivity contribution in [2.75, 3.05) is 18.5 Å². The smallest absolute Gasteiger partial charge is 0.224 e. The number of halogens is 1. The second-order valence-electron chi connectivity index (χ2n) is 5.91. The Balaban J connectivity index is 1.49. The molecule has 1 N–H and O–H groups in total. The molecule has 2 aromatic carbocycles. The van der Waals surface area contributed by atoms with Gasteiger partial charge in [-0.1, -0.05) is 11.6 Å². The number of anilines is 1. The highest BCUT2D eigenvalue weighted by Crippen LogP contribution is 2.24. The maximum absolute atomic E-state index is 12.3. The zero-order valence-corrected chi connectivity index (χ0v) is 16.2. The Kier molecular flexibility index (Phi) is 6.86. The highest BCUT2D eigenvalue weighted by atomic mass is 35.5. The highest BCUT2D eigenvalue weighted by molar-refractivity contribution is 6.31. The van der Waals surface area contributed by atoms with Gasteiger partial charge < -0.3 is 14.8 Å². The minimum Gasteiger partial charge on any atom is -0.494 e. The summed E-state index contributed by atoms with van der Waals surface area (Å²) in [5.41, 5.74) is 1.27. The van der Waals surface area contributed by atoms with E-state index in [9.17, 15) is 4.79 Å². The van der Waals surface area contributed by atoms with E-state index in [0.29, 0.717) is 42.5 Å². The molecule has 0 bridgehead atoms. The summed E-state index contributed by atoms with van der Waals surface area (Å²) in [4.78, 5) is 16.2. The molecule has 7 nitrogen and oxygen atoms in total. The molecule has 0 aliphatic heterocycles. The Hall–Kier alpha value is -3.06. The fourth-order valence-corrected chi connectivity index (χ4v) is 2.75. The van der Waals surface area contributed by atoms with Crippen molar-refractivity contribution < 1.29 is 14.3 Å². The lowest BCUT2D eigenvalue weighted by Gasteiger charge is -2.12. The van der Waals surface area contributed by atoms with Crippen LogP contribution < -0.4 is 14.8 Å². The molecular formula is C20H21ClN4O3. The summed E-state index contributed by atoms with van der Waals surface area (Å²) in [5, 5.41) is 7.49. The first-order valence-electron chi connectivity index (χ1n) is 8.96. The van der Waals surface area contributed by atoms with Gasteiger partial charge in [0, 0.05) is 11.4 Å². The lowest BCUT2D eigenvalue weighted by atomic mass is 10.2. The van der Waals surface area contributed by atoms with Gasteiger partial charge in [0.15, 0.2) is 0 Å². The number of rotatable bonds is 9. The third-order valence-electron chi connectivity index (χ3n) is 3.85. The topological polar surface area (TPSA) is 78.3 Å². The highest BCUT2D eigenvalue weighted by Gasteiger charge is 2.10. The number of carbonyl (C=O) groups excluding carboxylic acids is 1. The second-order valence-corrected chi connectivity index (χ2v) is 6.34. The molecule has 146 valence electrons. The van der Waals surface area contributed by atoms with Crippen LogP contribution in [0.15, 0.2) is 55.1 Å². The first-order valence-corrected chi connectivity index (χ1v) is 9.33. The number of nitrogens with zero attached hydrogens (tertiary/aromatic N) is 3. The van der Waals surface area contributed by atoms with Gasteiger partial charge in [-0.05, 0) is 55.8 Å². The molecule has 0 aliphatic rings. The second kappa shape index (κ2) is 9.75. The number of amides is 1. The zero-order valence-electron chi connectivity index (χ0n) is 15.5. The molecule has 1 amide bonds. The number of carbonyl (C=O) groups is 1. The van der Waals surface area contributed by atoms with Gasteiger partial charge in [0.25, 0.3) is 0 Å². The molecule has 3 rings (SSSR count). The SMILES string of the molecule is CCOc1ccc(OCCCC(=O)Nc2cc(Cl)ccc2-n2cncn2)cc1. The summed E-state index contributed by atoms with van der Waals surface area (Å²) < 4.78 is 12.6. The van der Waals surface area contributed by atoms with Crippen LogP contribution >= 0.6 is 11.6 Å². The van der Waals surface area contributed by atoms with Gasteiger partial charge in [0.05, 0.1) is 24.6 Å². The molecule has 3 aromatic rings. The number of nitrogens with one attached hydrogen (secondary N) is 1. The maximum Gasteiger partial charge on any atom is 0.224 e. The van der Waals surface area contributed by atoms with Crippen LogP contribution in [0.1, 0.15) is 19.8 Å². The summed E-state index contributed by atoms with van der Waals surface area (Å²) in [6.07, 6.45) is 3.89. The van der Waals surface area contributed by atoms with Crippen LogP contribution in [0.5, 0.6) is 11.5 Å². The molecule has 0 aliphatic carbocycles. The van der Waals surface area contributed by atoms with Crippen LogP contribution in [0.25, 0.3) is 5.69 Å². The van der Waals surface area contributed by atoms with E-state index in [1.165, 1.54) is 6.33 Å². The Bertz CT molecular complexity index is 898. The molecule has 0 radical (unpaired) electrons. The van der Waals surface area contributed by atoms with Crippen LogP contribution in [0, 0.1) is 0 Å². The van der Waals surface area contributed by atoms with Crippen molar-refractivity contribution >= 4 is 23.2 Å². The number of benzene rings is 2. The van der Waals surface area contributed by atoms with Crippen molar-refractivity contribution in [3.05, 3.63) is 60.1 Å². The van der Waals surface area contributed by atoms with Gasteiger partial charge in [-0.3, -0.25) is 4.79 Å². The van der Waals surface area contributed by atoms with Gasteiger partial charge in [0.1, 0.15) is 24.2 Å². The zero-order chi connectivity index (χ0) is 19.8. The average Bonchev–Trinajstić information content (AvgIpc) is 3.21. The molecule has 0 spiro atoms. The van der Waals surface area contributed by atoms with E-state index in [1.807, 2.05) is 31.2 Å². The van der Waals surface area contributed by atoms with E-state index in [1.54, 1.807) is 29.2 Å². The Morgan fingerprint density at radius 1 is 1.14 bits per heavy atom. The maximum atomic E-state index is 12.3. The van der Waals surface area contributed by atoms with E-state index >= 15 is 0 Å². The molecule has 0 fully saturated rings. The van der Waals surface area contributed by atoms with Crippen molar-refractivity contribution in [3.63, 3.8) is 0 Å². The molecule has 8 heteroatoms. The van der Waals surface area contributed by atoms with Crippen molar-refractivity contribution in [1.82, 2.24) is 14.8 Å². The van der Waals surface area contributed by atoms with Crippen LogP contribution in [0.4, 0.5) is 5.69 Å². The van der Waals surface area contributed by atoms with Crippen molar-refractivity contribution in [3.8, 4) is 17.2 Å². The normalized spacial score (nSPS) is 10.5. The van der Waals surface area contributed by atoms with Crippen LogP contribution in [-0.2, 0) is 4.79 Å². The Morgan fingerprint density at radius 2 is 1.89 bits per heavy atom. The summed E-state index contributed by atoms with van der Waals surface area (Å²) in [5.74, 6) is 1.42. The molecular weight excluding hydrogens is 380 g/mol. The van der Waals surface area contributed by atoms with Crippen LogP contribution in [0.3, 0.4) is 0 Å². The number of hydrogen-bond donors (Lipinski definition) is 1. The molecule has 0 saturated heterocycles. The standard InChI is InChI=1S/C20H21ClN4O3/c1-2-27-16-6-8-17(9-7-16)28-11-3-4-20(26)24-18-12-15(21)5-10-19(18)25-14-22-13-23-25/h5-10,12-14H,2-4,11H2,1H3,(H,24,26). The Morgan fingerprint density at radius 3 is 2.57 bits per heavy atom. The first-order chi connectivity index (χ1) is 13.7. The molecule has 1 heterocycles. The van der Waals surface area contributed by atoms with E-state index in [0.717, 1.165) is 11.5 Å². The molecule has 0 saturated carbocycles. The van der Waals surface area contributed by atoms with E-state index in [2.05, 4.69) is 15.4 Å². The van der Waals surface area contributed by atoms with Gasteiger partial charge in [-0.25, -0.2) is 9.67 Å². The summed E-state index contributed by atoms with van der Waals surface area (Å²) in [6.45, 7) is 3.00. The predicted octanol–water partition coefficient (Wildman–Crippen LogP) is 4.12. The fraction of sp³-hybridized carbons (Fsp3) is 0.250. The lowest BCUT2D eigenvalue weighted by molar-refractivity contribution is -0.116. The van der Waals surface area contributed by atoms with Gasteiger partial charge >= 0.3 is 0 Å². The quantitative estimate of drug-likeness (QED) is 0.547. The monoisotopic (exact) mass is 400 g/mol. The minimum atomic E-state index is -0.126. The molecule has 0 unspecified atom stereocenters. The largest absolute Gasteiger partial charge is 0.494 e. The van der Waals surface area contributed by atoms with Gasteiger partial charge in [-0.15, -0.1) is 0 Å². The predicted molar refractivity (Wildman–Crippen MR) is 107 cm³/mol. The van der Waals surface area contributed by atoms with E-state index < -0.39 is 0 Å².